The van der Waals surface area contributed by atoms with Crippen LogP contribution in [0.2, 0.25) is 5.02 Å². The molecule has 0 aliphatic carbocycles. The molecular formula is C14H17ClN2O3. The molecule has 1 aromatic rings. The van der Waals surface area contributed by atoms with Gasteiger partial charge in [0.1, 0.15) is 0 Å². The average Bonchev–Trinajstić information content (AvgIpc) is 2.38. The molecule has 1 unspecified atom stereocenters. The fraction of sp³-hybridized carbons (Fsp3) is 0.500. The van der Waals surface area contributed by atoms with Crippen LogP contribution >= 0.6 is 11.6 Å². The Kier molecular flexibility index (Phi) is 4.60. The number of rotatable bonds is 3. The lowest BCUT2D eigenvalue weighted by Crippen LogP contribution is -2.44. The van der Waals surface area contributed by atoms with Crippen LogP contribution in [0.15, 0.2) is 12.3 Å². The third-order valence-corrected chi connectivity index (χ3v) is 3.83. The van der Waals surface area contributed by atoms with Gasteiger partial charge in [-0.2, -0.15) is 0 Å². The maximum atomic E-state index is 12.5. The lowest BCUT2D eigenvalue weighted by molar-refractivity contribution is -0.138. The first-order valence-corrected chi connectivity index (χ1v) is 7.01. The van der Waals surface area contributed by atoms with Gasteiger partial charge in [-0.05, 0) is 32.3 Å². The van der Waals surface area contributed by atoms with Crippen molar-refractivity contribution in [3.63, 3.8) is 0 Å². The van der Waals surface area contributed by atoms with Gasteiger partial charge < -0.3 is 10.0 Å². The predicted molar refractivity (Wildman–Crippen MR) is 74.9 cm³/mol. The molecule has 1 N–H and O–H groups in total. The summed E-state index contributed by atoms with van der Waals surface area (Å²) in [5.41, 5.74) is 1.09. The van der Waals surface area contributed by atoms with Crippen LogP contribution in [0.5, 0.6) is 0 Å². The van der Waals surface area contributed by atoms with E-state index in [0.717, 1.165) is 25.0 Å². The van der Waals surface area contributed by atoms with Gasteiger partial charge in [0.15, 0.2) is 0 Å². The third-order valence-electron chi connectivity index (χ3n) is 3.52. The summed E-state index contributed by atoms with van der Waals surface area (Å²) in [5, 5.41) is 9.31. The van der Waals surface area contributed by atoms with Crippen LogP contribution in [-0.4, -0.2) is 39.5 Å². The predicted octanol–water partition coefficient (Wildman–Crippen LogP) is 2.51. The van der Waals surface area contributed by atoms with Crippen molar-refractivity contribution < 1.29 is 14.7 Å². The summed E-state index contributed by atoms with van der Waals surface area (Å²) < 4.78 is 0. The topological polar surface area (TPSA) is 70.5 Å². The van der Waals surface area contributed by atoms with Crippen molar-refractivity contribution in [3.05, 3.63) is 28.5 Å². The number of nitrogens with zero attached hydrogens (tertiary/aromatic N) is 2. The number of carbonyl (C=O) groups excluding carboxylic acids is 1. The summed E-state index contributed by atoms with van der Waals surface area (Å²) in [7, 11) is 0. The normalized spacial score (nSPS) is 18.9. The number of aliphatic carboxylic acids is 1. The lowest BCUT2D eigenvalue weighted by Gasteiger charge is -2.35. The van der Waals surface area contributed by atoms with Gasteiger partial charge >= 0.3 is 5.97 Å². The van der Waals surface area contributed by atoms with E-state index in [2.05, 4.69) is 4.98 Å². The van der Waals surface area contributed by atoms with E-state index < -0.39 is 5.97 Å². The number of aromatic nitrogens is 1. The molecule has 1 aliphatic rings. The highest BCUT2D eigenvalue weighted by atomic mass is 35.5. The number of halogens is 1. The molecule has 1 aliphatic heterocycles. The van der Waals surface area contributed by atoms with Crippen molar-refractivity contribution in [2.75, 3.05) is 6.54 Å². The van der Waals surface area contributed by atoms with Gasteiger partial charge in [0.25, 0.3) is 5.91 Å². The summed E-state index contributed by atoms with van der Waals surface area (Å²) in [6, 6.07) is 1.39. The maximum Gasteiger partial charge on any atom is 0.305 e. The number of carboxylic acids is 1. The second-order valence-corrected chi connectivity index (χ2v) is 5.46. The standard InChI is InChI=1S/C14H17ClN2O3/c1-9-6-12(15)11(8-16-9)14(20)17-5-3-2-4-10(17)7-13(18)19/h6,8,10H,2-5,7H2,1H3,(H,18,19). The van der Waals surface area contributed by atoms with Crippen molar-refractivity contribution in [2.24, 2.45) is 0 Å². The molecule has 0 bridgehead atoms. The summed E-state index contributed by atoms with van der Waals surface area (Å²) in [6.07, 6.45) is 3.99. The molecule has 6 heteroatoms. The SMILES string of the molecule is Cc1cc(Cl)c(C(=O)N2CCCCC2CC(=O)O)cn1. The van der Waals surface area contributed by atoms with Gasteiger partial charge in [-0.1, -0.05) is 11.6 Å². The quantitative estimate of drug-likeness (QED) is 0.930. The highest BCUT2D eigenvalue weighted by Gasteiger charge is 2.30. The molecule has 0 saturated carbocycles. The molecule has 5 nitrogen and oxygen atoms in total. The molecule has 20 heavy (non-hydrogen) atoms. The van der Waals surface area contributed by atoms with Crippen LogP contribution in [0.3, 0.4) is 0 Å². The van der Waals surface area contributed by atoms with E-state index in [-0.39, 0.29) is 18.4 Å². The minimum absolute atomic E-state index is 0.0251. The van der Waals surface area contributed by atoms with Gasteiger partial charge in [0.05, 0.1) is 17.0 Å². The molecule has 1 fully saturated rings. The van der Waals surface area contributed by atoms with Crippen molar-refractivity contribution in [1.29, 1.82) is 0 Å². The van der Waals surface area contributed by atoms with Crippen LogP contribution in [0.4, 0.5) is 0 Å². The lowest BCUT2D eigenvalue weighted by atomic mass is 9.98. The Balaban J connectivity index is 2.22. The third kappa shape index (κ3) is 3.28. The first kappa shape index (κ1) is 14.8. The molecule has 0 spiro atoms. The first-order chi connectivity index (χ1) is 9.49. The van der Waals surface area contributed by atoms with E-state index in [9.17, 15) is 9.59 Å². The summed E-state index contributed by atoms with van der Waals surface area (Å²) in [4.78, 5) is 29.2. The maximum absolute atomic E-state index is 12.5. The molecule has 1 aromatic heterocycles. The Morgan fingerprint density at radius 3 is 2.90 bits per heavy atom. The van der Waals surface area contributed by atoms with Gasteiger partial charge in [-0.25, -0.2) is 0 Å². The van der Waals surface area contributed by atoms with E-state index in [1.807, 2.05) is 0 Å². The second-order valence-electron chi connectivity index (χ2n) is 5.05. The number of hydrogen-bond acceptors (Lipinski definition) is 3. The second kappa shape index (κ2) is 6.22. The minimum atomic E-state index is -0.886. The van der Waals surface area contributed by atoms with E-state index in [1.165, 1.54) is 6.20 Å². The van der Waals surface area contributed by atoms with Gasteiger partial charge in [-0.3, -0.25) is 14.6 Å². The fourth-order valence-corrected chi connectivity index (χ4v) is 2.81. The molecule has 1 amide bonds. The zero-order chi connectivity index (χ0) is 14.7. The summed E-state index contributed by atoms with van der Waals surface area (Å²) in [5.74, 6) is -1.11. The zero-order valence-electron chi connectivity index (χ0n) is 11.3. The number of piperidine rings is 1. The molecule has 0 radical (unpaired) electrons. The Morgan fingerprint density at radius 1 is 1.50 bits per heavy atom. The Morgan fingerprint density at radius 2 is 2.25 bits per heavy atom. The summed E-state index contributed by atoms with van der Waals surface area (Å²) in [6.45, 7) is 2.37. The van der Waals surface area contributed by atoms with Crippen molar-refractivity contribution in [2.45, 2.75) is 38.6 Å². The van der Waals surface area contributed by atoms with E-state index in [0.29, 0.717) is 17.1 Å². The number of carboxylic acid groups (broad SMARTS) is 1. The largest absolute Gasteiger partial charge is 0.481 e. The number of hydrogen-bond donors (Lipinski definition) is 1. The minimum Gasteiger partial charge on any atom is -0.481 e. The monoisotopic (exact) mass is 296 g/mol. The highest BCUT2D eigenvalue weighted by molar-refractivity contribution is 6.33. The Labute approximate surface area is 122 Å². The van der Waals surface area contributed by atoms with Crippen molar-refractivity contribution >= 4 is 23.5 Å². The first-order valence-electron chi connectivity index (χ1n) is 6.64. The average molecular weight is 297 g/mol. The van der Waals surface area contributed by atoms with E-state index in [1.54, 1.807) is 17.9 Å². The Bertz CT molecular complexity index is 533. The van der Waals surface area contributed by atoms with Crippen molar-refractivity contribution in [1.82, 2.24) is 9.88 Å². The number of likely N-dealkylation sites (tertiary alicyclic amines) is 1. The highest BCUT2D eigenvalue weighted by Crippen LogP contribution is 2.25. The van der Waals surface area contributed by atoms with Gasteiger partial charge in [0.2, 0.25) is 0 Å². The molecule has 2 heterocycles. The number of carbonyl (C=O) groups is 2. The molecule has 1 saturated heterocycles. The van der Waals surface area contributed by atoms with Crippen molar-refractivity contribution in [3.8, 4) is 0 Å². The van der Waals surface area contributed by atoms with Crippen LogP contribution in [0.1, 0.15) is 41.7 Å². The number of pyridine rings is 1. The molecule has 0 aromatic carbocycles. The Hall–Kier alpha value is -1.62. The number of aryl methyl sites for hydroxylation is 1. The zero-order valence-corrected chi connectivity index (χ0v) is 12.1. The fourth-order valence-electron chi connectivity index (χ4n) is 2.52. The van der Waals surface area contributed by atoms with E-state index >= 15 is 0 Å². The van der Waals surface area contributed by atoms with Crippen LogP contribution in [0, 0.1) is 6.92 Å². The molecule has 108 valence electrons. The number of amides is 1. The van der Waals surface area contributed by atoms with Gasteiger partial charge in [-0.15, -0.1) is 0 Å². The van der Waals surface area contributed by atoms with E-state index in [4.69, 9.17) is 16.7 Å². The van der Waals surface area contributed by atoms with Gasteiger partial charge in [0, 0.05) is 24.5 Å². The molecule has 1 atom stereocenters. The molecule has 2 rings (SSSR count). The van der Waals surface area contributed by atoms with Crippen LogP contribution in [-0.2, 0) is 4.79 Å². The molecular weight excluding hydrogens is 280 g/mol. The smallest absolute Gasteiger partial charge is 0.305 e. The van der Waals surface area contributed by atoms with Crippen LogP contribution < -0.4 is 0 Å². The summed E-state index contributed by atoms with van der Waals surface area (Å²) >= 11 is 6.09. The van der Waals surface area contributed by atoms with Crippen LogP contribution in [0.25, 0.3) is 0 Å².